The van der Waals surface area contributed by atoms with Gasteiger partial charge in [0.1, 0.15) is 5.84 Å². The van der Waals surface area contributed by atoms with Gasteiger partial charge in [0.25, 0.3) is 5.91 Å². The number of carbonyl (C=O) groups is 2. The van der Waals surface area contributed by atoms with Gasteiger partial charge in [-0.1, -0.05) is 48.2 Å². The summed E-state index contributed by atoms with van der Waals surface area (Å²) in [5, 5.41) is 19.8. The summed E-state index contributed by atoms with van der Waals surface area (Å²) in [6.07, 6.45) is 1.56. The van der Waals surface area contributed by atoms with Gasteiger partial charge in [0.2, 0.25) is 0 Å². The second-order valence-corrected chi connectivity index (χ2v) is 7.36. The predicted molar refractivity (Wildman–Crippen MR) is 118 cm³/mol. The van der Waals surface area contributed by atoms with E-state index >= 15 is 0 Å². The van der Waals surface area contributed by atoms with Crippen molar-refractivity contribution in [3.63, 3.8) is 0 Å². The minimum atomic E-state index is -1.10. The number of amidine groups is 2. The summed E-state index contributed by atoms with van der Waals surface area (Å²) >= 11 is 1.30. The summed E-state index contributed by atoms with van der Waals surface area (Å²) in [6, 6.07) is 14.4. The van der Waals surface area contributed by atoms with E-state index in [2.05, 4.69) is 4.99 Å². The molecule has 31 heavy (non-hydrogen) atoms. The number of thioether (sulfide) groups is 1. The zero-order chi connectivity index (χ0) is 22.0. The summed E-state index contributed by atoms with van der Waals surface area (Å²) in [6.45, 7) is -0.501. The SMILES string of the molecule is COc1cc(/C=C2/C(=N)N3C(c4ccccc4)=CSC3=NC2=O)ccc1OCC(=O)O. The average Bonchev–Trinajstić information content (AvgIpc) is 3.20. The molecule has 0 fully saturated rings. The maximum Gasteiger partial charge on any atom is 0.341 e. The molecule has 2 aliphatic heterocycles. The zero-order valence-electron chi connectivity index (χ0n) is 16.4. The average molecular weight is 435 g/mol. The molecule has 0 unspecified atom stereocenters. The van der Waals surface area contributed by atoms with Crippen LogP contribution in [0.25, 0.3) is 11.8 Å². The van der Waals surface area contributed by atoms with Crippen molar-refractivity contribution in [2.45, 2.75) is 0 Å². The van der Waals surface area contributed by atoms with Gasteiger partial charge in [0.15, 0.2) is 23.3 Å². The van der Waals surface area contributed by atoms with E-state index in [1.807, 2.05) is 35.7 Å². The highest BCUT2D eigenvalue weighted by atomic mass is 32.2. The number of carboxylic acids is 1. The summed E-state index contributed by atoms with van der Waals surface area (Å²) in [5.41, 5.74) is 2.42. The Bertz CT molecular complexity index is 1170. The van der Waals surface area contributed by atoms with Crippen LogP contribution in [0.5, 0.6) is 11.5 Å². The van der Waals surface area contributed by atoms with Gasteiger partial charge in [-0.05, 0) is 29.3 Å². The lowest BCUT2D eigenvalue weighted by Crippen LogP contribution is -2.38. The van der Waals surface area contributed by atoms with E-state index in [1.165, 1.54) is 18.9 Å². The number of nitrogens with one attached hydrogen (secondary N) is 1. The molecule has 4 rings (SSSR count). The van der Waals surface area contributed by atoms with Crippen LogP contribution in [-0.2, 0) is 9.59 Å². The van der Waals surface area contributed by atoms with Gasteiger partial charge < -0.3 is 14.6 Å². The molecule has 0 atom stereocenters. The Kier molecular flexibility index (Phi) is 5.59. The van der Waals surface area contributed by atoms with E-state index in [-0.39, 0.29) is 17.2 Å². The first-order valence-corrected chi connectivity index (χ1v) is 10.0. The number of amides is 1. The summed E-state index contributed by atoms with van der Waals surface area (Å²) < 4.78 is 10.5. The van der Waals surface area contributed by atoms with Crippen molar-refractivity contribution >= 4 is 46.4 Å². The number of fused-ring (bicyclic) bond motifs is 1. The number of ether oxygens (including phenoxy) is 2. The Morgan fingerprint density at radius 1 is 1.23 bits per heavy atom. The molecule has 0 bridgehead atoms. The lowest BCUT2D eigenvalue weighted by atomic mass is 10.1. The predicted octanol–water partition coefficient (Wildman–Crippen LogP) is 3.46. The van der Waals surface area contributed by atoms with Crippen LogP contribution in [0, 0.1) is 5.41 Å². The second kappa shape index (κ2) is 8.49. The molecule has 8 nitrogen and oxygen atoms in total. The van der Waals surface area contributed by atoms with E-state index in [0.29, 0.717) is 16.5 Å². The smallest absolute Gasteiger partial charge is 0.341 e. The maximum atomic E-state index is 12.6. The highest BCUT2D eigenvalue weighted by molar-refractivity contribution is 8.17. The third-order valence-electron chi connectivity index (χ3n) is 4.53. The van der Waals surface area contributed by atoms with Crippen LogP contribution in [0.3, 0.4) is 0 Å². The topological polar surface area (TPSA) is 112 Å². The lowest BCUT2D eigenvalue weighted by molar-refractivity contribution is -0.139. The van der Waals surface area contributed by atoms with E-state index < -0.39 is 18.5 Å². The third kappa shape index (κ3) is 4.08. The van der Waals surface area contributed by atoms with Crippen molar-refractivity contribution in [2.24, 2.45) is 4.99 Å². The maximum absolute atomic E-state index is 12.6. The standard InChI is InChI=1S/C22H17N3O5S/c1-29-18-10-13(7-8-17(18)30-11-19(26)27)9-15-20(23)25-16(14-5-3-2-4-6-14)12-31-22(25)24-21(15)28/h2-10,12,23H,11H2,1H3,(H,26,27)/b15-9-,23-20?. The van der Waals surface area contributed by atoms with Crippen molar-refractivity contribution < 1.29 is 24.2 Å². The normalized spacial score (nSPS) is 16.7. The number of carbonyl (C=O) groups excluding carboxylic acids is 1. The van der Waals surface area contributed by atoms with Crippen molar-refractivity contribution in [2.75, 3.05) is 13.7 Å². The van der Waals surface area contributed by atoms with Crippen LogP contribution in [-0.4, -0.2) is 46.6 Å². The number of methoxy groups -OCH3 is 1. The quantitative estimate of drug-likeness (QED) is 0.668. The van der Waals surface area contributed by atoms with Crippen LogP contribution in [0.4, 0.5) is 0 Å². The minimum absolute atomic E-state index is 0.0280. The number of aliphatic imine (C=N–C) groups is 1. The molecule has 2 N–H and O–H groups in total. The van der Waals surface area contributed by atoms with Gasteiger partial charge in [-0.3, -0.25) is 15.1 Å². The van der Waals surface area contributed by atoms with Crippen LogP contribution in [0.2, 0.25) is 0 Å². The fourth-order valence-corrected chi connectivity index (χ4v) is 4.00. The van der Waals surface area contributed by atoms with E-state index in [4.69, 9.17) is 20.0 Å². The van der Waals surface area contributed by atoms with Gasteiger partial charge in [-0.15, -0.1) is 0 Å². The number of carboxylic acid groups (broad SMARTS) is 1. The number of rotatable bonds is 6. The van der Waals surface area contributed by atoms with Crippen molar-refractivity contribution in [3.8, 4) is 11.5 Å². The fraction of sp³-hybridized carbons (Fsp3) is 0.0909. The second-order valence-electron chi connectivity index (χ2n) is 6.52. The molecular formula is C22H17N3O5S. The van der Waals surface area contributed by atoms with E-state index in [1.54, 1.807) is 29.2 Å². The molecule has 2 heterocycles. The third-order valence-corrected chi connectivity index (χ3v) is 5.36. The molecule has 0 saturated heterocycles. The molecule has 0 spiro atoms. The Morgan fingerprint density at radius 3 is 2.71 bits per heavy atom. The number of benzene rings is 2. The lowest BCUT2D eigenvalue weighted by Gasteiger charge is -2.27. The fourth-order valence-electron chi connectivity index (χ4n) is 3.11. The monoisotopic (exact) mass is 435 g/mol. The molecule has 2 aromatic carbocycles. The highest BCUT2D eigenvalue weighted by Gasteiger charge is 2.36. The summed E-state index contributed by atoms with van der Waals surface area (Å²) in [4.78, 5) is 29.1. The minimum Gasteiger partial charge on any atom is -0.493 e. The van der Waals surface area contributed by atoms with Crippen molar-refractivity contribution in [3.05, 3.63) is 70.6 Å². The summed E-state index contributed by atoms with van der Waals surface area (Å²) in [5.74, 6) is -0.996. The molecule has 1 amide bonds. The number of hydrogen-bond acceptors (Lipinski definition) is 6. The van der Waals surface area contributed by atoms with Crippen LogP contribution in [0.15, 0.2) is 64.5 Å². The Hall–Kier alpha value is -3.85. The molecule has 2 aliphatic rings. The zero-order valence-corrected chi connectivity index (χ0v) is 17.2. The Balaban J connectivity index is 1.66. The summed E-state index contributed by atoms with van der Waals surface area (Å²) in [7, 11) is 1.43. The van der Waals surface area contributed by atoms with Crippen LogP contribution >= 0.6 is 11.8 Å². The molecule has 0 radical (unpaired) electrons. The Labute approximate surface area is 182 Å². The molecular weight excluding hydrogens is 418 g/mol. The van der Waals surface area contributed by atoms with Gasteiger partial charge in [-0.25, -0.2) is 4.79 Å². The number of aliphatic carboxylic acids is 1. The van der Waals surface area contributed by atoms with E-state index in [0.717, 1.165) is 11.3 Å². The first-order valence-electron chi connectivity index (χ1n) is 9.16. The van der Waals surface area contributed by atoms with Crippen LogP contribution in [0.1, 0.15) is 11.1 Å². The number of hydrogen-bond donors (Lipinski definition) is 2. The van der Waals surface area contributed by atoms with Crippen LogP contribution < -0.4 is 9.47 Å². The Morgan fingerprint density at radius 2 is 2.00 bits per heavy atom. The molecule has 9 heteroatoms. The van der Waals surface area contributed by atoms with Crippen molar-refractivity contribution in [1.29, 1.82) is 5.41 Å². The first kappa shape index (κ1) is 20.4. The molecule has 156 valence electrons. The highest BCUT2D eigenvalue weighted by Crippen LogP contribution is 2.37. The first-order chi connectivity index (χ1) is 15.0. The molecule has 0 aliphatic carbocycles. The largest absolute Gasteiger partial charge is 0.493 e. The van der Waals surface area contributed by atoms with E-state index in [9.17, 15) is 9.59 Å². The van der Waals surface area contributed by atoms with Gasteiger partial charge in [0, 0.05) is 5.41 Å². The van der Waals surface area contributed by atoms with Gasteiger partial charge in [-0.2, -0.15) is 4.99 Å². The molecule has 2 aromatic rings. The van der Waals surface area contributed by atoms with Crippen molar-refractivity contribution in [1.82, 2.24) is 4.90 Å². The van der Waals surface area contributed by atoms with Gasteiger partial charge in [0.05, 0.1) is 18.4 Å². The number of nitrogens with zero attached hydrogens (tertiary/aromatic N) is 2. The van der Waals surface area contributed by atoms with Gasteiger partial charge >= 0.3 is 5.97 Å². The molecule has 0 aromatic heterocycles. The molecule has 0 saturated carbocycles.